The van der Waals surface area contributed by atoms with E-state index in [1.807, 2.05) is 4.90 Å². The Kier molecular flexibility index (Phi) is 6.26. The van der Waals surface area contributed by atoms with Gasteiger partial charge in [-0.25, -0.2) is 13.2 Å². The molecule has 3 heterocycles. The van der Waals surface area contributed by atoms with Crippen LogP contribution in [0.2, 0.25) is 0 Å². The summed E-state index contributed by atoms with van der Waals surface area (Å²) >= 11 is 0. The number of aromatic nitrogens is 3. The topological polar surface area (TPSA) is 132 Å². The standard InChI is InChI=1S/C22H27N5O6S2/c1-22(2,3)33-21(28)26-14-12-25(13-15-26)20-19-18(6-5-11-23-19)27(24-20)35(31,32)17-9-7-16(8-10-17)34(4,29)30/h5-11H,12-15H2,1-4H3. The predicted octanol–water partition coefficient (Wildman–Crippen LogP) is 2.13. The molecule has 1 fully saturated rings. The summed E-state index contributed by atoms with van der Waals surface area (Å²) in [7, 11) is -7.60. The van der Waals surface area contributed by atoms with Gasteiger partial charge < -0.3 is 14.5 Å². The van der Waals surface area contributed by atoms with E-state index in [1.54, 1.807) is 44.0 Å². The zero-order valence-electron chi connectivity index (χ0n) is 19.9. The molecule has 0 atom stereocenters. The second-order valence-electron chi connectivity index (χ2n) is 9.24. The van der Waals surface area contributed by atoms with Crippen molar-refractivity contribution >= 4 is 42.8 Å². The van der Waals surface area contributed by atoms with Crippen LogP contribution in [-0.2, 0) is 24.6 Å². The van der Waals surface area contributed by atoms with E-state index in [9.17, 15) is 21.6 Å². The highest BCUT2D eigenvalue weighted by atomic mass is 32.2. The summed E-state index contributed by atoms with van der Waals surface area (Å²) in [6.07, 6.45) is 2.21. The van der Waals surface area contributed by atoms with E-state index in [0.29, 0.717) is 43.0 Å². The summed E-state index contributed by atoms with van der Waals surface area (Å²) in [5.41, 5.74) is 0.111. The number of benzene rings is 1. The van der Waals surface area contributed by atoms with E-state index >= 15 is 0 Å². The highest BCUT2D eigenvalue weighted by Crippen LogP contribution is 2.28. The number of hydrogen-bond acceptors (Lipinski definition) is 9. The molecule has 3 aromatic rings. The summed E-state index contributed by atoms with van der Waals surface area (Å²) in [5, 5.41) is 4.40. The molecule has 1 aliphatic rings. The van der Waals surface area contributed by atoms with Crippen molar-refractivity contribution in [3.8, 4) is 0 Å². The summed E-state index contributed by atoms with van der Waals surface area (Å²) in [6.45, 7) is 7.03. The number of hydrogen-bond donors (Lipinski definition) is 0. The molecule has 0 aliphatic carbocycles. The average molecular weight is 522 g/mol. The van der Waals surface area contributed by atoms with Crippen molar-refractivity contribution in [3.05, 3.63) is 42.6 Å². The van der Waals surface area contributed by atoms with Crippen molar-refractivity contribution in [3.63, 3.8) is 0 Å². The molecule has 35 heavy (non-hydrogen) atoms. The fourth-order valence-corrected chi connectivity index (χ4v) is 5.59. The number of nitrogens with zero attached hydrogens (tertiary/aromatic N) is 5. The second kappa shape index (κ2) is 8.79. The van der Waals surface area contributed by atoms with Crippen molar-refractivity contribution in [2.45, 2.75) is 36.2 Å². The fourth-order valence-electron chi connectivity index (χ4n) is 3.69. The average Bonchev–Trinajstić information content (AvgIpc) is 3.18. The van der Waals surface area contributed by atoms with Gasteiger partial charge in [0.1, 0.15) is 16.6 Å². The Bertz CT molecular complexity index is 1470. The largest absolute Gasteiger partial charge is 0.444 e. The summed E-state index contributed by atoms with van der Waals surface area (Å²) in [5.74, 6) is 0.390. The Hall–Kier alpha value is -3.19. The Balaban J connectivity index is 1.64. The molecule has 1 aromatic carbocycles. The molecule has 0 unspecified atom stereocenters. The number of ether oxygens (including phenoxy) is 1. The molecular formula is C22H27N5O6S2. The first-order chi connectivity index (χ1) is 16.3. The van der Waals surface area contributed by atoms with Gasteiger partial charge in [0.2, 0.25) is 0 Å². The minimum Gasteiger partial charge on any atom is -0.444 e. The van der Waals surface area contributed by atoms with E-state index in [1.165, 1.54) is 24.3 Å². The Morgan fingerprint density at radius 3 is 2.11 bits per heavy atom. The minimum atomic E-state index is -4.13. The molecule has 1 aliphatic heterocycles. The van der Waals surface area contributed by atoms with Crippen LogP contribution in [0.4, 0.5) is 10.6 Å². The van der Waals surface area contributed by atoms with Crippen molar-refractivity contribution in [2.75, 3.05) is 37.3 Å². The number of pyridine rings is 1. The maximum absolute atomic E-state index is 13.4. The van der Waals surface area contributed by atoms with Gasteiger partial charge in [-0.05, 0) is 57.2 Å². The number of sulfone groups is 1. The lowest BCUT2D eigenvalue weighted by molar-refractivity contribution is 0.0240. The smallest absolute Gasteiger partial charge is 0.410 e. The molecule has 4 rings (SSSR count). The van der Waals surface area contributed by atoms with Gasteiger partial charge in [0.25, 0.3) is 10.0 Å². The lowest BCUT2D eigenvalue weighted by Gasteiger charge is -2.35. The number of rotatable bonds is 4. The number of piperazine rings is 1. The molecule has 11 nitrogen and oxygen atoms in total. The van der Waals surface area contributed by atoms with E-state index in [-0.39, 0.29) is 9.79 Å². The van der Waals surface area contributed by atoms with Crippen LogP contribution in [0.3, 0.4) is 0 Å². The first-order valence-electron chi connectivity index (χ1n) is 10.9. The number of anilines is 1. The maximum Gasteiger partial charge on any atom is 0.410 e. The highest BCUT2D eigenvalue weighted by molar-refractivity contribution is 7.91. The Morgan fingerprint density at radius 1 is 0.943 bits per heavy atom. The van der Waals surface area contributed by atoms with Gasteiger partial charge in [-0.2, -0.15) is 8.42 Å². The van der Waals surface area contributed by atoms with Crippen LogP contribution in [0.1, 0.15) is 20.8 Å². The van der Waals surface area contributed by atoms with Gasteiger partial charge in [-0.1, -0.05) is 0 Å². The van der Waals surface area contributed by atoms with Gasteiger partial charge in [-0.3, -0.25) is 4.98 Å². The number of carbonyl (C=O) groups excluding carboxylic acids is 1. The van der Waals surface area contributed by atoms with Gasteiger partial charge in [0, 0.05) is 38.6 Å². The lowest BCUT2D eigenvalue weighted by Crippen LogP contribution is -2.50. The molecule has 0 N–H and O–H groups in total. The highest BCUT2D eigenvalue weighted by Gasteiger charge is 2.30. The van der Waals surface area contributed by atoms with Gasteiger partial charge in [0.05, 0.1) is 9.79 Å². The van der Waals surface area contributed by atoms with Crippen LogP contribution in [0, 0.1) is 0 Å². The third kappa shape index (κ3) is 5.10. The zero-order valence-corrected chi connectivity index (χ0v) is 21.5. The minimum absolute atomic E-state index is 0.0204. The van der Waals surface area contributed by atoms with Crippen LogP contribution in [-0.4, -0.2) is 80.0 Å². The lowest BCUT2D eigenvalue weighted by atomic mass is 10.2. The molecule has 0 saturated carbocycles. The van der Waals surface area contributed by atoms with Crippen molar-refractivity contribution in [1.29, 1.82) is 0 Å². The van der Waals surface area contributed by atoms with Crippen molar-refractivity contribution in [1.82, 2.24) is 19.1 Å². The van der Waals surface area contributed by atoms with E-state index in [4.69, 9.17) is 4.74 Å². The summed E-state index contributed by atoms with van der Waals surface area (Å²) < 4.78 is 56.7. The number of carbonyl (C=O) groups is 1. The molecule has 1 amide bonds. The fraction of sp³-hybridized carbons (Fsp3) is 0.409. The van der Waals surface area contributed by atoms with Crippen LogP contribution in [0.5, 0.6) is 0 Å². The summed E-state index contributed by atoms with van der Waals surface area (Å²) in [4.78, 5) is 20.2. The van der Waals surface area contributed by atoms with Gasteiger partial charge in [0.15, 0.2) is 15.7 Å². The molecule has 0 bridgehead atoms. The summed E-state index contributed by atoms with van der Waals surface area (Å²) in [6, 6.07) is 8.22. The second-order valence-corrected chi connectivity index (χ2v) is 13.0. The van der Waals surface area contributed by atoms with Crippen LogP contribution in [0.15, 0.2) is 52.4 Å². The van der Waals surface area contributed by atoms with E-state index < -0.39 is 31.6 Å². The first-order valence-corrected chi connectivity index (χ1v) is 14.2. The van der Waals surface area contributed by atoms with Crippen molar-refractivity contribution in [2.24, 2.45) is 0 Å². The molecule has 13 heteroatoms. The van der Waals surface area contributed by atoms with Gasteiger partial charge >= 0.3 is 6.09 Å². The molecule has 188 valence electrons. The van der Waals surface area contributed by atoms with Crippen LogP contribution < -0.4 is 4.90 Å². The Labute approximate surface area is 204 Å². The Morgan fingerprint density at radius 2 is 1.54 bits per heavy atom. The molecular weight excluding hydrogens is 494 g/mol. The van der Waals surface area contributed by atoms with Crippen molar-refractivity contribution < 1.29 is 26.4 Å². The monoisotopic (exact) mass is 521 g/mol. The number of amides is 1. The third-order valence-corrected chi connectivity index (χ3v) is 8.13. The van der Waals surface area contributed by atoms with Crippen LogP contribution in [0.25, 0.3) is 11.0 Å². The molecule has 0 spiro atoms. The van der Waals surface area contributed by atoms with E-state index in [2.05, 4.69) is 10.1 Å². The first kappa shape index (κ1) is 24.9. The number of fused-ring (bicyclic) bond motifs is 1. The molecule has 0 radical (unpaired) electrons. The van der Waals surface area contributed by atoms with E-state index in [0.717, 1.165) is 10.3 Å². The zero-order chi connectivity index (χ0) is 25.6. The predicted molar refractivity (Wildman–Crippen MR) is 130 cm³/mol. The molecule has 1 saturated heterocycles. The quantitative estimate of drug-likeness (QED) is 0.506. The SMILES string of the molecule is CC(C)(C)OC(=O)N1CCN(c2nn(S(=O)(=O)c3ccc(S(C)(=O)=O)cc3)c3cccnc23)CC1. The van der Waals surface area contributed by atoms with Gasteiger partial charge in [-0.15, -0.1) is 9.19 Å². The normalized spacial score (nSPS) is 15.4. The maximum atomic E-state index is 13.4. The molecule has 2 aromatic heterocycles. The van der Waals surface area contributed by atoms with Crippen LogP contribution >= 0.6 is 0 Å². The third-order valence-electron chi connectivity index (χ3n) is 5.40.